The van der Waals surface area contributed by atoms with Crippen molar-refractivity contribution in [2.24, 2.45) is 0 Å². The van der Waals surface area contributed by atoms with Crippen molar-refractivity contribution in [3.05, 3.63) is 89.6 Å². The normalized spacial score (nSPS) is 18.0. The molecule has 0 saturated carbocycles. The molecule has 2 aliphatic heterocycles. The highest BCUT2D eigenvalue weighted by Crippen LogP contribution is 2.49. The predicted octanol–water partition coefficient (Wildman–Crippen LogP) is 4.47. The Bertz CT molecular complexity index is 1550. The first-order valence-corrected chi connectivity index (χ1v) is 13.3. The maximum absolute atomic E-state index is 13.6. The molecule has 2 aliphatic rings. The average molecular weight is 544 g/mol. The van der Waals surface area contributed by atoms with Crippen molar-refractivity contribution in [2.75, 3.05) is 38.7 Å². The zero-order valence-corrected chi connectivity index (χ0v) is 22.1. The molecule has 2 aromatic heterocycles. The van der Waals surface area contributed by atoms with Gasteiger partial charge in [0, 0.05) is 59.6 Å². The number of hydrogen-bond acceptors (Lipinski definition) is 5. The summed E-state index contributed by atoms with van der Waals surface area (Å²) in [7, 11) is 1.61. The van der Waals surface area contributed by atoms with Gasteiger partial charge in [-0.1, -0.05) is 6.07 Å². The first-order valence-electron chi connectivity index (χ1n) is 13.3. The number of carbonyl (C=O) groups excluding carboxylic acids is 2. The van der Waals surface area contributed by atoms with E-state index in [1.165, 1.54) is 24.3 Å². The highest BCUT2D eigenvalue weighted by molar-refractivity contribution is 5.93. The predicted molar refractivity (Wildman–Crippen MR) is 148 cm³/mol. The number of aromatic amines is 1. The van der Waals surface area contributed by atoms with Gasteiger partial charge >= 0.3 is 6.03 Å². The van der Waals surface area contributed by atoms with Crippen molar-refractivity contribution in [1.29, 1.82) is 0 Å². The summed E-state index contributed by atoms with van der Waals surface area (Å²) in [5, 5.41) is 14.4. The summed E-state index contributed by atoms with van der Waals surface area (Å²) in [4.78, 5) is 38.0. The number of likely N-dealkylation sites (tertiary alicyclic amines) is 1. The third kappa shape index (κ3) is 4.44. The van der Waals surface area contributed by atoms with E-state index in [4.69, 9.17) is 4.74 Å². The minimum atomic E-state index is -0.618. The van der Waals surface area contributed by atoms with Gasteiger partial charge in [-0.05, 0) is 66.9 Å². The lowest BCUT2D eigenvalue weighted by Crippen LogP contribution is -2.56. The molecule has 6 rings (SSSR count). The molecular weight excluding hydrogens is 513 g/mol. The Morgan fingerprint density at radius 2 is 1.93 bits per heavy atom. The van der Waals surface area contributed by atoms with Crippen LogP contribution in [-0.2, 0) is 5.41 Å². The van der Waals surface area contributed by atoms with Crippen LogP contribution in [0, 0.1) is 5.82 Å². The second-order valence-electron chi connectivity index (χ2n) is 10.4. The Balaban J connectivity index is 1.38. The van der Waals surface area contributed by atoms with Crippen LogP contribution in [0.3, 0.4) is 0 Å². The van der Waals surface area contributed by atoms with E-state index < -0.39 is 17.3 Å². The number of nitrogens with one attached hydrogen (secondary N) is 2. The van der Waals surface area contributed by atoms with E-state index in [1.807, 2.05) is 23.1 Å². The number of urea groups is 1. The van der Waals surface area contributed by atoms with Crippen molar-refractivity contribution < 1.29 is 23.8 Å². The van der Waals surface area contributed by atoms with Crippen LogP contribution in [0.4, 0.5) is 14.9 Å². The number of aromatic nitrogens is 2. The molecule has 0 bridgehead atoms. The fourth-order valence-electron chi connectivity index (χ4n) is 6.15. The van der Waals surface area contributed by atoms with Crippen molar-refractivity contribution in [3.8, 4) is 5.75 Å². The number of methoxy groups -OCH3 is 1. The number of piperidine rings is 1. The Morgan fingerprint density at radius 1 is 1.15 bits per heavy atom. The molecule has 1 spiro atoms. The first-order chi connectivity index (χ1) is 19.4. The number of aliphatic hydroxyl groups is 1. The quantitative estimate of drug-likeness (QED) is 0.352. The van der Waals surface area contributed by atoms with E-state index in [-0.39, 0.29) is 18.5 Å². The Labute approximate surface area is 230 Å². The fraction of sp³-hybridized carbons (Fsp3) is 0.300. The van der Waals surface area contributed by atoms with Gasteiger partial charge in [-0.3, -0.25) is 9.78 Å². The van der Waals surface area contributed by atoms with Crippen LogP contribution in [0.1, 0.15) is 40.6 Å². The third-order valence-corrected chi connectivity index (χ3v) is 8.17. The van der Waals surface area contributed by atoms with Crippen LogP contribution >= 0.6 is 0 Å². The number of nitrogens with zero attached hydrogens (tertiary/aromatic N) is 3. The number of aliphatic hydroxyl groups excluding tert-OH is 1. The lowest BCUT2D eigenvalue weighted by molar-refractivity contribution is 0.0539. The van der Waals surface area contributed by atoms with Crippen molar-refractivity contribution in [2.45, 2.75) is 24.3 Å². The summed E-state index contributed by atoms with van der Waals surface area (Å²) in [6.07, 6.45) is 2.85. The molecule has 1 saturated heterocycles. The molecule has 0 aliphatic carbocycles. The minimum absolute atomic E-state index is 0.116. The second-order valence-corrected chi connectivity index (χ2v) is 10.4. The SMILES string of the molecule is COc1ccc2c3c([nH]c2c1)[C@H](CO)N(C(=O)Nc1ccc(F)cc1)CC31CCN(C(=O)c2ccccn2)CC1. The van der Waals surface area contributed by atoms with Gasteiger partial charge in [-0.25, -0.2) is 9.18 Å². The molecule has 0 radical (unpaired) electrons. The lowest BCUT2D eigenvalue weighted by atomic mass is 9.68. The number of ether oxygens (including phenoxy) is 1. The van der Waals surface area contributed by atoms with E-state index in [0.717, 1.165) is 22.2 Å². The van der Waals surface area contributed by atoms with Crippen LogP contribution < -0.4 is 10.1 Å². The summed E-state index contributed by atoms with van der Waals surface area (Å²) in [6.45, 7) is 1.06. The van der Waals surface area contributed by atoms with Gasteiger partial charge in [0.15, 0.2) is 0 Å². The van der Waals surface area contributed by atoms with E-state index >= 15 is 0 Å². The highest BCUT2D eigenvalue weighted by atomic mass is 19.1. The molecule has 1 atom stereocenters. The molecule has 2 aromatic carbocycles. The van der Waals surface area contributed by atoms with E-state index in [2.05, 4.69) is 15.3 Å². The van der Waals surface area contributed by atoms with Crippen molar-refractivity contribution in [3.63, 3.8) is 0 Å². The number of fused-ring (bicyclic) bond motifs is 4. The van der Waals surface area contributed by atoms with Crippen molar-refractivity contribution >= 4 is 28.5 Å². The van der Waals surface area contributed by atoms with Gasteiger partial charge in [0.1, 0.15) is 17.3 Å². The molecule has 206 valence electrons. The molecular formula is C30H30FN5O4. The maximum Gasteiger partial charge on any atom is 0.322 e. The number of pyridine rings is 1. The fourth-order valence-corrected chi connectivity index (χ4v) is 6.15. The molecule has 40 heavy (non-hydrogen) atoms. The van der Waals surface area contributed by atoms with Gasteiger partial charge in [-0.2, -0.15) is 0 Å². The number of carbonyl (C=O) groups is 2. The number of halogens is 1. The number of H-pyrrole nitrogens is 1. The zero-order chi connectivity index (χ0) is 27.9. The molecule has 3 N–H and O–H groups in total. The van der Waals surface area contributed by atoms with Crippen LogP contribution in [0.2, 0.25) is 0 Å². The Morgan fingerprint density at radius 3 is 2.60 bits per heavy atom. The largest absolute Gasteiger partial charge is 0.497 e. The van der Waals surface area contributed by atoms with E-state index in [1.54, 1.807) is 36.4 Å². The van der Waals surface area contributed by atoms with Crippen LogP contribution in [0.15, 0.2) is 66.9 Å². The van der Waals surface area contributed by atoms with Gasteiger partial charge in [0.25, 0.3) is 5.91 Å². The van der Waals surface area contributed by atoms with Crippen LogP contribution in [0.5, 0.6) is 5.75 Å². The molecule has 10 heteroatoms. The molecule has 4 heterocycles. The van der Waals surface area contributed by atoms with E-state index in [9.17, 15) is 19.1 Å². The highest BCUT2D eigenvalue weighted by Gasteiger charge is 2.49. The number of rotatable bonds is 4. The molecule has 4 aromatic rings. The first kappa shape index (κ1) is 25.8. The summed E-state index contributed by atoms with van der Waals surface area (Å²) in [5.41, 5.74) is 3.10. The molecule has 3 amide bonds. The number of hydrogen-bond donors (Lipinski definition) is 3. The number of amides is 3. The van der Waals surface area contributed by atoms with Gasteiger partial charge in [-0.15, -0.1) is 0 Å². The number of anilines is 1. The second kappa shape index (κ2) is 10.3. The van der Waals surface area contributed by atoms with Gasteiger partial charge in [0.2, 0.25) is 0 Å². The Hall–Kier alpha value is -4.44. The summed E-state index contributed by atoms with van der Waals surface area (Å²) in [6, 6.07) is 15.7. The van der Waals surface area contributed by atoms with Crippen molar-refractivity contribution in [1.82, 2.24) is 19.8 Å². The third-order valence-electron chi connectivity index (χ3n) is 8.17. The summed E-state index contributed by atoms with van der Waals surface area (Å²) < 4.78 is 18.9. The topological polar surface area (TPSA) is 111 Å². The molecule has 0 unspecified atom stereocenters. The average Bonchev–Trinajstić information content (AvgIpc) is 3.38. The van der Waals surface area contributed by atoms with Crippen LogP contribution in [-0.4, -0.2) is 70.2 Å². The lowest BCUT2D eigenvalue weighted by Gasteiger charge is -2.50. The van der Waals surface area contributed by atoms with Gasteiger partial charge in [0.05, 0.1) is 19.8 Å². The minimum Gasteiger partial charge on any atom is -0.497 e. The standard InChI is InChI=1S/C30H30FN5O4/c1-40-21-9-10-22-24(16-21)34-27-25(17-37)36(29(39)33-20-7-5-19(31)6-8-20)18-30(26(22)27)11-14-35(15-12-30)28(38)23-4-2-3-13-32-23/h2-10,13,16,25,34,37H,11-12,14-15,17-18H2,1H3,(H,33,39)/t25-/m0/s1. The van der Waals surface area contributed by atoms with E-state index in [0.29, 0.717) is 49.6 Å². The Kier molecular flexibility index (Phi) is 6.63. The van der Waals surface area contributed by atoms with Gasteiger partial charge < -0.3 is 29.9 Å². The summed E-state index contributed by atoms with van der Waals surface area (Å²) in [5.74, 6) is 0.185. The summed E-state index contributed by atoms with van der Waals surface area (Å²) >= 11 is 0. The number of benzene rings is 2. The maximum atomic E-state index is 13.6. The monoisotopic (exact) mass is 543 g/mol. The zero-order valence-electron chi connectivity index (χ0n) is 22.1. The van der Waals surface area contributed by atoms with Crippen LogP contribution in [0.25, 0.3) is 10.9 Å². The molecule has 1 fully saturated rings. The smallest absolute Gasteiger partial charge is 0.322 e. The molecule has 9 nitrogen and oxygen atoms in total.